The molecule has 0 aliphatic carbocycles. The predicted octanol–water partition coefficient (Wildman–Crippen LogP) is 3.05. The number of sulfonamides is 1. The summed E-state index contributed by atoms with van der Waals surface area (Å²) in [6.45, 7) is 0.214. The summed E-state index contributed by atoms with van der Waals surface area (Å²) in [5.74, 6) is 0. The van der Waals surface area contributed by atoms with Crippen molar-refractivity contribution in [2.45, 2.75) is 17.4 Å². The van der Waals surface area contributed by atoms with E-state index >= 15 is 0 Å². The van der Waals surface area contributed by atoms with Gasteiger partial charge >= 0.3 is 0 Å². The molecule has 2 aromatic carbocycles. The topological polar surface area (TPSA) is 71.9 Å². The predicted molar refractivity (Wildman–Crippen MR) is 104 cm³/mol. The van der Waals surface area contributed by atoms with Gasteiger partial charge in [-0.05, 0) is 17.7 Å². The molecule has 1 atom stereocenters. The molecule has 0 amide bonds. The third-order valence-corrected chi connectivity index (χ3v) is 6.44. The standard InChI is InChI=1S/C20H19N3O3S/c1-23(14-17-13-18(22-26-17)15-7-3-2-4-8-15)27(24,25)19-11-5-9-16-10-6-12-21-20(16)19/h2-12,17H,13-14H2,1H3. The number of hydrogen-bond acceptors (Lipinski definition) is 5. The minimum Gasteiger partial charge on any atom is -0.390 e. The molecule has 0 spiro atoms. The van der Waals surface area contributed by atoms with Crippen LogP contribution in [-0.4, -0.2) is 43.1 Å². The molecule has 0 bridgehead atoms. The van der Waals surface area contributed by atoms with E-state index in [1.807, 2.05) is 42.5 Å². The Labute approximate surface area is 158 Å². The first-order valence-corrected chi connectivity index (χ1v) is 10.1. The first-order chi connectivity index (χ1) is 13.1. The molecular weight excluding hydrogens is 362 g/mol. The average molecular weight is 381 g/mol. The van der Waals surface area contributed by atoms with Gasteiger partial charge in [0, 0.05) is 25.1 Å². The Morgan fingerprint density at radius 1 is 1.07 bits per heavy atom. The van der Waals surface area contributed by atoms with Crippen LogP contribution < -0.4 is 0 Å². The average Bonchev–Trinajstić information content (AvgIpc) is 3.16. The highest BCUT2D eigenvalue weighted by Crippen LogP contribution is 2.25. The molecule has 27 heavy (non-hydrogen) atoms. The van der Waals surface area contributed by atoms with Crippen LogP contribution in [0.1, 0.15) is 12.0 Å². The van der Waals surface area contributed by atoms with Crippen molar-refractivity contribution in [3.63, 3.8) is 0 Å². The van der Waals surface area contributed by atoms with E-state index in [0.29, 0.717) is 11.9 Å². The maximum atomic E-state index is 13.1. The lowest BCUT2D eigenvalue weighted by Gasteiger charge is -2.20. The zero-order chi connectivity index (χ0) is 18.9. The third kappa shape index (κ3) is 3.43. The lowest BCUT2D eigenvalue weighted by Crippen LogP contribution is -2.34. The summed E-state index contributed by atoms with van der Waals surface area (Å²) in [6, 6.07) is 18.6. The van der Waals surface area contributed by atoms with E-state index < -0.39 is 10.0 Å². The van der Waals surface area contributed by atoms with E-state index in [-0.39, 0.29) is 17.5 Å². The Morgan fingerprint density at radius 3 is 2.67 bits per heavy atom. The summed E-state index contributed by atoms with van der Waals surface area (Å²) in [6.07, 6.45) is 1.85. The first-order valence-electron chi connectivity index (χ1n) is 8.64. The van der Waals surface area contributed by atoms with Crippen molar-refractivity contribution in [1.82, 2.24) is 9.29 Å². The number of benzene rings is 2. The molecule has 1 aliphatic heterocycles. The summed E-state index contributed by atoms with van der Waals surface area (Å²) in [4.78, 5) is 9.93. The zero-order valence-electron chi connectivity index (χ0n) is 14.8. The molecule has 1 unspecified atom stereocenters. The van der Waals surface area contributed by atoms with Crippen LogP contribution in [-0.2, 0) is 14.9 Å². The van der Waals surface area contributed by atoms with Crippen molar-refractivity contribution in [2.75, 3.05) is 13.6 Å². The van der Waals surface area contributed by atoms with E-state index in [1.54, 1.807) is 31.4 Å². The van der Waals surface area contributed by atoms with Crippen molar-refractivity contribution in [1.29, 1.82) is 0 Å². The molecule has 138 valence electrons. The smallest absolute Gasteiger partial charge is 0.245 e. The molecule has 4 rings (SSSR count). The van der Waals surface area contributed by atoms with Crippen LogP contribution in [0.3, 0.4) is 0 Å². The normalized spacial score (nSPS) is 17.1. The largest absolute Gasteiger partial charge is 0.390 e. The maximum absolute atomic E-state index is 13.1. The van der Waals surface area contributed by atoms with Gasteiger partial charge in [-0.25, -0.2) is 8.42 Å². The fourth-order valence-electron chi connectivity index (χ4n) is 3.16. The summed E-state index contributed by atoms with van der Waals surface area (Å²) >= 11 is 0. The van der Waals surface area contributed by atoms with E-state index in [0.717, 1.165) is 16.7 Å². The third-order valence-electron chi connectivity index (χ3n) is 4.58. The van der Waals surface area contributed by atoms with Crippen molar-refractivity contribution < 1.29 is 13.3 Å². The van der Waals surface area contributed by atoms with Crippen molar-refractivity contribution >= 4 is 26.6 Å². The van der Waals surface area contributed by atoms with Gasteiger partial charge < -0.3 is 4.84 Å². The molecule has 1 aromatic heterocycles. The number of para-hydroxylation sites is 1. The second-order valence-corrected chi connectivity index (χ2v) is 8.47. The monoisotopic (exact) mass is 381 g/mol. The Balaban J connectivity index is 1.52. The van der Waals surface area contributed by atoms with Crippen molar-refractivity contribution in [3.8, 4) is 0 Å². The van der Waals surface area contributed by atoms with Crippen LogP contribution in [0.2, 0.25) is 0 Å². The minimum absolute atomic E-state index is 0.199. The lowest BCUT2D eigenvalue weighted by atomic mass is 10.1. The van der Waals surface area contributed by atoms with Crippen LogP contribution in [0.15, 0.2) is 76.9 Å². The van der Waals surface area contributed by atoms with Gasteiger partial charge in [0.05, 0.1) is 17.8 Å². The number of likely N-dealkylation sites (N-methyl/N-ethyl adjacent to an activating group) is 1. The Bertz CT molecular complexity index is 1090. The molecule has 0 radical (unpaired) electrons. The van der Waals surface area contributed by atoms with Gasteiger partial charge in [-0.1, -0.05) is 53.7 Å². The fourth-order valence-corrected chi connectivity index (χ4v) is 4.53. The molecule has 3 aromatic rings. The first kappa shape index (κ1) is 17.6. The maximum Gasteiger partial charge on any atom is 0.245 e. The van der Waals surface area contributed by atoms with Crippen LogP contribution in [0.5, 0.6) is 0 Å². The molecule has 0 saturated carbocycles. The van der Waals surface area contributed by atoms with Crippen LogP contribution in [0.25, 0.3) is 10.9 Å². The molecule has 7 heteroatoms. The fraction of sp³-hybridized carbons (Fsp3) is 0.200. The molecule has 0 saturated heterocycles. The van der Waals surface area contributed by atoms with Crippen LogP contribution in [0.4, 0.5) is 0 Å². The molecule has 0 fully saturated rings. The number of rotatable bonds is 5. The summed E-state index contributed by atoms with van der Waals surface area (Å²) in [7, 11) is -2.14. The van der Waals surface area contributed by atoms with Gasteiger partial charge in [0.25, 0.3) is 0 Å². The second-order valence-electron chi connectivity index (χ2n) is 6.45. The zero-order valence-corrected chi connectivity index (χ0v) is 15.6. The van der Waals surface area contributed by atoms with E-state index in [4.69, 9.17) is 4.84 Å². The highest BCUT2D eigenvalue weighted by atomic mass is 32.2. The highest BCUT2D eigenvalue weighted by Gasteiger charge is 2.30. The second kappa shape index (κ2) is 7.09. The summed E-state index contributed by atoms with van der Waals surface area (Å²) in [5, 5.41) is 4.92. The summed E-state index contributed by atoms with van der Waals surface area (Å²) < 4.78 is 27.5. The van der Waals surface area contributed by atoms with Crippen molar-refractivity contribution in [2.24, 2.45) is 5.16 Å². The lowest BCUT2D eigenvalue weighted by molar-refractivity contribution is 0.0740. The van der Waals surface area contributed by atoms with Crippen LogP contribution >= 0.6 is 0 Å². The molecule has 1 aliphatic rings. The Hall–Kier alpha value is -2.77. The van der Waals surface area contributed by atoms with Gasteiger partial charge in [0.2, 0.25) is 10.0 Å². The van der Waals surface area contributed by atoms with E-state index in [9.17, 15) is 8.42 Å². The molecule has 0 N–H and O–H groups in total. The van der Waals surface area contributed by atoms with Gasteiger partial charge in [0.1, 0.15) is 11.0 Å². The minimum atomic E-state index is -3.70. The molecule has 2 heterocycles. The number of pyridine rings is 1. The van der Waals surface area contributed by atoms with E-state index in [1.165, 1.54) is 4.31 Å². The van der Waals surface area contributed by atoms with Gasteiger partial charge in [-0.15, -0.1) is 0 Å². The summed E-state index contributed by atoms with van der Waals surface area (Å²) in [5.41, 5.74) is 2.29. The SMILES string of the molecule is CN(CC1CC(c2ccccc2)=NO1)S(=O)(=O)c1cccc2cccnc12. The quantitative estimate of drug-likeness (QED) is 0.681. The Morgan fingerprint density at radius 2 is 1.85 bits per heavy atom. The van der Waals surface area contributed by atoms with Crippen molar-refractivity contribution in [3.05, 3.63) is 72.4 Å². The Kier molecular flexibility index (Phi) is 4.63. The number of hydrogen-bond donors (Lipinski definition) is 0. The van der Waals surface area contributed by atoms with E-state index in [2.05, 4.69) is 10.1 Å². The molecule has 6 nitrogen and oxygen atoms in total. The van der Waals surface area contributed by atoms with Gasteiger partial charge in [-0.3, -0.25) is 4.98 Å². The highest BCUT2D eigenvalue weighted by molar-refractivity contribution is 7.89. The van der Waals surface area contributed by atoms with Crippen LogP contribution in [0, 0.1) is 0 Å². The van der Waals surface area contributed by atoms with Gasteiger partial charge in [-0.2, -0.15) is 4.31 Å². The number of oxime groups is 1. The van der Waals surface area contributed by atoms with Gasteiger partial charge in [0.15, 0.2) is 0 Å². The number of nitrogens with zero attached hydrogens (tertiary/aromatic N) is 3. The number of fused-ring (bicyclic) bond motifs is 1. The number of aromatic nitrogens is 1. The molecular formula is C20H19N3O3S.